The molecule has 0 aliphatic rings. The van der Waals surface area contributed by atoms with Crippen LogP contribution in [0.2, 0.25) is 0 Å². The third-order valence-corrected chi connectivity index (χ3v) is 2.31. The maximum absolute atomic E-state index is 11.3. The van der Waals surface area contributed by atoms with Crippen LogP contribution in [0.4, 0.5) is 0 Å². The highest BCUT2D eigenvalue weighted by molar-refractivity contribution is 5.81. The minimum Gasteiger partial charge on any atom is -0.375 e. The predicted molar refractivity (Wildman–Crippen MR) is 63.0 cm³/mol. The summed E-state index contributed by atoms with van der Waals surface area (Å²) in [6.45, 7) is 0.890. The van der Waals surface area contributed by atoms with Gasteiger partial charge in [0, 0.05) is 7.05 Å². The molecule has 0 aromatic heterocycles. The van der Waals surface area contributed by atoms with Crippen LogP contribution in [0.15, 0.2) is 30.3 Å². The van der Waals surface area contributed by atoms with Gasteiger partial charge in [0.1, 0.15) is 6.04 Å². The minimum atomic E-state index is -0.297. The number of ether oxygens (including phenoxy) is 1. The minimum absolute atomic E-state index is 0.0597. The molecule has 0 saturated heterocycles. The molecule has 4 nitrogen and oxygen atoms in total. The van der Waals surface area contributed by atoms with Crippen LogP contribution in [-0.4, -0.2) is 32.7 Å². The topological polar surface area (TPSA) is 50.4 Å². The lowest BCUT2D eigenvalue weighted by Gasteiger charge is -2.14. The molecule has 88 valence electrons. The first kappa shape index (κ1) is 12.7. The Bertz CT molecular complexity index is 314. The third-order valence-electron chi connectivity index (χ3n) is 2.31. The Kier molecular flexibility index (Phi) is 5.53. The molecule has 0 aliphatic carbocycles. The standard InChI is InChI=1S/C12H18N2O2/c1-13-11(12(15)14-2)9-16-8-10-6-4-3-5-7-10/h3-7,11,13H,8-9H2,1-2H3,(H,14,15). The summed E-state index contributed by atoms with van der Waals surface area (Å²) in [5.74, 6) is -0.0597. The zero-order chi connectivity index (χ0) is 11.8. The number of likely N-dealkylation sites (N-methyl/N-ethyl adjacent to an activating group) is 2. The van der Waals surface area contributed by atoms with E-state index in [1.54, 1.807) is 14.1 Å². The Morgan fingerprint density at radius 1 is 1.31 bits per heavy atom. The fourth-order valence-electron chi connectivity index (χ4n) is 1.33. The van der Waals surface area contributed by atoms with Gasteiger partial charge in [-0.2, -0.15) is 0 Å². The van der Waals surface area contributed by atoms with E-state index >= 15 is 0 Å². The molecular weight excluding hydrogens is 204 g/mol. The normalized spacial score (nSPS) is 12.1. The van der Waals surface area contributed by atoms with Crippen LogP contribution >= 0.6 is 0 Å². The lowest BCUT2D eigenvalue weighted by molar-refractivity contribution is -0.124. The summed E-state index contributed by atoms with van der Waals surface area (Å²) in [5.41, 5.74) is 1.11. The molecule has 1 rings (SSSR count). The Morgan fingerprint density at radius 2 is 2.00 bits per heavy atom. The van der Waals surface area contributed by atoms with E-state index in [4.69, 9.17) is 4.74 Å². The van der Waals surface area contributed by atoms with Crippen molar-refractivity contribution in [3.8, 4) is 0 Å². The van der Waals surface area contributed by atoms with E-state index in [9.17, 15) is 4.79 Å². The third kappa shape index (κ3) is 4.00. The summed E-state index contributed by atoms with van der Waals surface area (Å²) < 4.78 is 5.47. The molecule has 1 aromatic rings. The van der Waals surface area contributed by atoms with E-state index in [1.807, 2.05) is 30.3 Å². The average Bonchev–Trinajstić information content (AvgIpc) is 2.35. The molecule has 0 fully saturated rings. The van der Waals surface area contributed by atoms with Gasteiger partial charge in [0.2, 0.25) is 5.91 Å². The number of rotatable bonds is 6. The first-order valence-electron chi connectivity index (χ1n) is 5.28. The zero-order valence-corrected chi connectivity index (χ0v) is 9.69. The van der Waals surface area contributed by atoms with Crippen LogP contribution in [0.1, 0.15) is 5.56 Å². The van der Waals surface area contributed by atoms with Crippen molar-refractivity contribution in [2.75, 3.05) is 20.7 Å². The highest BCUT2D eigenvalue weighted by Gasteiger charge is 2.14. The van der Waals surface area contributed by atoms with Gasteiger partial charge < -0.3 is 15.4 Å². The Morgan fingerprint density at radius 3 is 2.56 bits per heavy atom. The summed E-state index contributed by atoms with van der Waals surface area (Å²) >= 11 is 0. The van der Waals surface area contributed by atoms with Crippen LogP contribution in [0.3, 0.4) is 0 Å². The molecular formula is C12H18N2O2. The number of hydrogen-bond donors (Lipinski definition) is 2. The van der Waals surface area contributed by atoms with Crippen molar-refractivity contribution < 1.29 is 9.53 Å². The molecule has 1 amide bonds. The molecule has 2 N–H and O–H groups in total. The second kappa shape index (κ2) is 6.98. The van der Waals surface area contributed by atoms with E-state index in [1.165, 1.54) is 0 Å². The van der Waals surface area contributed by atoms with Gasteiger partial charge in [-0.15, -0.1) is 0 Å². The van der Waals surface area contributed by atoms with E-state index in [2.05, 4.69) is 10.6 Å². The van der Waals surface area contributed by atoms with E-state index < -0.39 is 0 Å². The maximum atomic E-state index is 11.3. The fourth-order valence-corrected chi connectivity index (χ4v) is 1.33. The molecule has 0 spiro atoms. The summed E-state index contributed by atoms with van der Waals surface area (Å²) in [6, 6.07) is 9.58. The quantitative estimate of drug-likeness (QED) is 0.738. The van der Waals surface area contributed by atoms with Gasteiger partial charge >= 0.3 is 0 Å². The lowest BCUT2D eigenvalue weighted by Crippen LogP contribution is -2.44. The molecule has 1 atom stereocenters. The molecule has 0 saturated carbocycles. The van der Waals surface area contributed by atoms with E-state index in [-0.39, 0.29) is 11.9 Å². The predicted octanol–water partition coefficient (Wildman–Crippen LogP) is 0.537. The first-order valence-corrected chi connectivity index (χ1v) is 5.28. The summed E-state index contributed by atoms with van der Waals surface area (Å²) in [5, 5.41) is 5.49. The molecule has 1 unspecified atom stereocenters. The molecule has 0 bridgehead atoms. The SMILES string of the molecule is CNC(=O)C(COCc1ccccc1)NC. The Hall–Kier alpha value is -1.39. The number of carbonyl (C=O) groups is 1. The van der Waals surface area contributed by atoms with Crippen LogP contribution < -0.4 is 10.6 Å². The Balaban J connectivity index is 2.31. The molecule has 0 aliphatic heterocycles. The summed E-state index contributed by atoms with van der Waals surface area (Å²) in [6.07, 6.45) is 0. The van der Waals surface area contributed by atoms with Crippen molar-refractivity contribution in [2.45, 2.75) is 12.6 Å². The summed E-state index contributed by atoms with van der Waals surface area (Å²) in [7, 11) is 3.36. The van der Waals surface area contributed by atoms with Gasteiger partial charge in [0.05, 0.1) is 13.2 Å². The van der Waals surface area contributed by atoms with Gasteiger partial charge in [0.15, 0.2) is 0 Å². The largest absolute Gasteiger partial charge is 0.375 e. The fraction of sp³-hybridized carbons (Fsp3) is 0.417. The average molecular weight is 222 g/mol. The first-order chi connectivity index (χ1) is 7.77. The van der Waals surface area contributed by atoms with Crippen molar-refractivity contribution in [3.05, 3.63) is 35.9 Å². The van der Waals surface area contributed by atoms with E-state index in [0.29, 0.717) is 13.2 Å². The van der Waals surface area contributed by atoms with Crippen molar-refractivity contribution in [1.29, 1.82) is 0 Å². The number of carbonyl (C=O) groups excluding carboxylic acids is 1. The van der Waals surface area contributed by atoms with Crippen LogP contribution in [0.25, 0.3) is 0 Å². The lowest BCUT2D eigenvalue weighted by atomic mass is 10.2. The number of amides is 1. The number of hydrogen-bond acceptors (Lipinski definition) is 3. The molecule has 0 heterocycles. The van der Waals surface area contributed by atoms with Gasteiger partial charge in [-0.1, -0.05) is 30.3 Å². The van der Waals surface area contributed by atoms with Crippen LogP contribution in [0.5, 0.6) is 0 Å². The van der Waals surface area contributed by atoms with Gasteiger partial charge in [-0.3, -0.25) is 4.79 Å². The van der Waals surface area contributed by atoms with Crippen molar-refractivity contribution in [3.63, 3.8) is 0 Å². The number of nitrogens with one attached hydrogen (secondary N) is 2. The van der Waals surface area contributed by atoms with Crippen molar-refractivity contribution in [1.82, 2.24) is 10.6 Å². The van der Waals surface area contributed by atoms with Crippen molar-refractivity contribution in [2.24, 2.45) is 0 Å². The summed E-state index contributed by atoms with van der Waals surface area (Å²) in [4.78, 5) is 11.3. The monoisotopic (exact) mass is 222 g/mol. The van der Waals surface area contributed by atoms with Crippen LogP contribution in [-0.2, 0) is 16.1 Å². The molecule has 1 aromatic carbocycles. The second-order valence-electron chi connectivity index (χ2n) is 3.46. The second-order valence-corrected chi connectivity index (χ2v) is 3.46. The molecule has 4 heteroatoms. The van der Waals surface area contributed by atoms with Gasteiger partial charge in [0.25, 0.3) is 0 Å². The Labute approximate surface area is 96.0 Å². The number of benzene rings is 1. The zero-order valence-electron chi connectivity index (χ0n) is 9.69. The molecule has 0 radical (unpaired) electrons. The maximum Gasteiger partial charge on any atom is 0.239 e. The van der Waals surface area contributed by atoms with E-state index in [0.717, 1.165) is 5.56 Å². The van der Waals surface area contributed by atoms with Gasteiger partial charge in [-0.25, -0.2) is 0 Å². The highest BCUT2D eigenvalue weighted by Crippen LogP contribution is 2.00. The van der Waals surface area contributed by atoms with Gasteiger partial charge in [-0.05, 0) is 12.6 Å². The van der Waals surface area contributed by atoms with Crippen molar-refractivity contribution >= 4 is 5.91 Å². The smallest absolute Gasteiger partial charge is 0.239 e. The van der Waals surface area contributed by atoms with Crippen LogP contribution in [0, 0.1) is 0 Å². The highest BCUT2D eigenvalue weighted by atomic mass is 16.5. The molecule has 16 heavy (non-hydrogen) atoms.